The van der Waals surface area contributed by atoms with Gasteiger partial charge in [0.2, 0.25) is 10.0 Å². The van der Waals surface area contributed by atoms with Gasteiger partial charge in [0.15, 0.2) is 0 Å². The van der Waals surface area contributed by atoms with Crippen LogP contribution in [0.1, 0.15) is 24.1 Å². The molecule has 0 aromatic heterocycles. The summed E-state index contributed by atoms with van der Waals surface area (Å²) in [6.07, 6.45) is 0. The first-order chi connectivity index (χ1) is 9.88. The maximum Gasteiger partial charge on any atom is 0.238 e. The van der Waals surface area contributed by atoms with Crippen molar-refractivity contribution in [2.75, 3.05) is 0 Å². The molecule has 4 nitrogen and oxygen atoms in total. The van der Waals surface area contributed by atoms with Gasteiger partial charge in [-0.05, 0) is 36.2 Å². The van der Waals surface area contributed by atoms with E-state index >= 15 is 0 Å². The molecule has 0 heterocycles. The predicted octanol–water partition coefficient (Wildman–Crippen LogP) is 2.95. The van der Waals surface area contributed by atoms with E-state index in [-0.39, 0.29) is 10.9 Å². The number of halogens is 1. The lowest BCUT2D eigenvalue weighted by Gasteiger charge is -2.15. The fourth-order valence-electron chi connectivity index (χ4n) is 1.97. The minimum absolute atomic E-state index is 0.103. The lowest BCUT2D eigenvalue weighted by molar-refractivity contribution is 0.573. The number of nitrogens with two attached hydrogens (primary N) is 1. The van der Waals surface area contributed by atoms with E-state index in [2.05, 4.69) is 21.2 Å². The fourth-order valence-corrected chi connectivity index (χ4v) is 2.91. The molecule has 0 radical (unpaired) electrons. The molecule has 1 unspecified atom stereocenters. The zero-order valence-corrected chi connectivity index (χ0v) is 14.0. The second kappa shape index (κ2) is 6.70. The molecule has 0 aliphatic rings. The van der Waals surface area contributed by atoms with Gasteiger partial charge in [-0.2, -0.15) is 0 Å². The second-order valence-electron chi connectivity index (χ2n) is 4.81. The van der Waals surface area contributed by atoms with E-state index in [0.29, 0.717) is 0 Å². The molecule has 0 spiro atoms. The van der Waals surface area contributed by atoms with Crippen molar-refractivity contribution in [3.63, 3.8) is 0 Å². The molecule has 112 valence electrons. The highest BCUT2D eigenvalue weighted by Gasteiger charge is 2.10. The topological polar surface area (TPSA) is 72.2 Å². The first-order valence-electron chi connectivity index (χ1n) is 6.47. The quantitative estimate of drug-likeness (QED) is 0.851. The molecule has 0 fully saturated rings. The van der Waals surface area contributed by atoms with E-state index in [9.17, 15) is 8.42 Å². The molecule has 0 aliphatic heterocycles. The van der Waals surface area contributed by atoms with Crippen molar-refractivity contribution in [1.29, 1.82) is 0 Å². The molecule has 3 N–H and O–H groups in total. The number of benzene rings is 2. The highest BCUT2D eigenvalue weighted by Crippen LogP contribution is 2.19. The molecule has 21 heavy (non-hydrogen) atoms. The van der Waals surface area contributed by atoms with E-state index in [1.54, 1.807) is 12.1 Å². The number of primary sulfonamides is 1. The first kappa shape index (κ1) is 16.2. The van der Waals surface area contributed by atoms with Crippen molar-refractivity contribution < 1.29 is 8.42 Å². The molecule has 0 saturated heterocycles. The Morgan fingerprint density at radius 2 is 1.76 bits per heavy atom. The van der Waals surface area contributed by atoms with Gasteiger partial charge in [0.25, 0.3) is 0 Å². The summed E-state index contributed by atoms with van der Waals surface area (Å²) in [6, 6.07) is 14.7. The number of sulfonamides is 1. The Morgan fingerprint density at radius 3 is 2.33 bits per heavy atom. The third-order valence-electron chi connectivity index (χ3n) is 3.27. The second-order valence-corrected chi connectivity index (χ2v) is 7.22. The first-order valence-corrected chi connectivity index (χ1v) is 8.81. The van der Waals surface area contributed by atoms with Crippen LogP contribution in [0, 0.1) is 0 Å². The molecule has 2 rings (SSSR count). The van der Waals surface area contributed by atoms with Gasteiger partial charge in [-0.25, -0.2) is 13.6 Å². The van der Waals surface area contributed by atoms with E-state index in [1.165, 1.54) is 17.7 Å². The van der Waals surface area contributed by atoms with Gasteiger partial charge in [0.05, 0.1) is 4.90 Å². The maximum atomic E-state index is 11.2. The van der Waals surface area contributed by atoms with Crippen molar-refractivity contribution in [2.24, 2.45) is 5.14 Å². The standard InChI is InChI=1S/C15H17BrN2O2S/c1-11(18-10-13-4-2-3-5-15(13)16)12-6-8-14(9-7-12)21(17,19)20/h2-9,11,18H,10H2,1H3,(H2,17,19,20). The van der Waals surface area contributed by atoms with Crippen LogP contribution in [0.4, 0.5) is 0 Å². The average molecular weight is 369 g/mol. The van der Waals surface area contributed by atoms with Gasteiger partial charge in [-0.1, -0.05) is 46.3 Å². The van der Waals surface area contributed by atoms with Crippen LogP contribution in [0.2, 0.25) is 0 Å². The summed E-state index contributed by atoms with van der Waals surface area (Å²) in [5, 5.41) is 8.49. The Labute approximate surface area is 133 Å². The van der Waals surface area contributed by atoms with Gasteiger partial charge >= 0.3 is 0 Å². The van der Waals surface area contributed by atoms with Crippen LogP contribution in [-0.2, 0) is 16.6 Å². The van der Waals surface area contributed by atoms with E-state index in [0.717, 1.165) is 16.6 Å². The zero-order chi connectivity index (χ0) is 15.5. The summed E-state index contributed by atoms with van der Waals surface area (Å²) >= 11 is 3.51. The Kier molecular flexibility index (Phi) is 5.16. The molecule has 0 amide bonds. The van der Waals surface area contributed by atoms with E-state index in [4.69, 9.17) is 5.14 Å². The lowest BCUT2D eigenvalue weighted by atomic mass is 10.1. The van der Waals surface area contributed by atoms with Crippen molar-refractivity contribution in [3.05, 3.63) is 64.1 Å². The molecule has 1 atom stereocenters. The van der Waals surface area contributed by atoms with Gasteiger partial charge < -0.3 is 5.32 Å². The lowest BCUT2D eigenvalue weighted by Crippen LogP contribution is -2.18. The van der Waals surface area contributed by atoms with Gasteiger partial charge in [-0.15, -0.1) is 0 Å². The Bertz CT molecular complexity index is 715. The van der Waals surface area contributed by atoms with Crippen molar-refractivity contribution in [1.82, 2.24) is 5.32 Å². The molecular weight excluding hydrogens is 352 g/mol. The molecular formula is C15H17BrN2O2S. The van der Waals surface area contributed by atoms with Gasteiger partial charge in [0.1, 0.15) is 0 Å². The Morgan fingerprint density at radius 1 is 1.14 bits per heavy atom. The summed E-state index contributed by atoms with van der Waals surface area (Å²) in [5.41, 5.74) is 2.18. The molecule has 2 aromatic rings. The van der Waals surface area contributed by atoms with E-state index < -0.39 is 10.0 Å². The van der Waals surface area contributed by atoms with Crippen LogP contribution >= 0.6 is 15.9 Å². The normalized spacial score (nSPS) is 13.1. The van der Waals surface area contributed by atoms with Gasteiger partial charge in [0, 0.05) is 17.1 Å². The SMILES string of the molecule is CC(NCc1ccccc1Br)c1ccc(S(N)(=O)=O)cc1. The Balaban J connectivity index is 2.04. The third-order valence-corrected chi connectivity index (χ3v) is 4.97. The van der Waals surface area contributed by atoms with Crippen molar-refractivity contribution in [3.8, 4) is 0 Å². The van der Waals surface area contributed by atoms with Gasteiger partial charge in [-0.3, -0.25) is 0 Å². The maximum absolute atomic E-state index is 11.2. The van der Waals surface area contributed by atoms with E-state index in [1.807, 2.05) is 31.2 Å². The highest BCUT2D eigenvalue weighted by molar-refractivity contribution is 9.10. The smallest absolute Gasteiger partial charge is 0.238 e. The monoisotopic (exact) mass is 368 g/mol. The molecule has 0 saturated carbocycles. The molecule has 0 aliphatic carbocycles. The predicted molar refractivity (Wildman–Crippen MR) is 87.2 cm³/mol. The number of rotatable bonds is 5. The number of hydrogen-bond acceptors (Lipinski definition) is 3. The average Bonchev–Trinajstić information content (AvgIpc) is 2.45. The largest absolute Gasteiger partial charge is 0.306 e. The van der Waals surface area contributed by atoms with Crippen LogP contribution < -0.4 is 10.5 Å². The summed E-state index contributed by atoms with van der Waals surface area (Å²) in [7, 11) is -3.63. The van der Waals surface area contributed by atoms with Crippen LogP contribution in [0.5, 0.6) is 0 Å². The minimum Gasteiger partial charge on any atom is -0.306 e. The summed E-state index contributed by atoms with van der Waals surface area (Å²) < 4.78 is 23.5. The zero-order valence-electron chi connectivity index (χ0n) is 11.6. The summed E-state index contributed by atoms with van der Waals surface area (Å²) in [5.74, 6) is 0. The summed E-state index contributed by atoms with van der Waals surface area (Å²) in [4.78, 5) is 0.129. The van der Waals surface area contributed by atoms with Crippen LogP contribution in [0.3, 0.4) is 0 Å². The van der Waals surface area contributed by atoms with Crippen molar-refractivity contribution >= 4 is 26.0 Å². The Hall–Kier alpha value is -1.21. The van der Waals surface area contributed by atoms with Crippen LogP contribution in [0.25, 0.3) is 0 Å². The molecule has 2 aromatic carbocycles. The van der Waals surface area contributed by atoms with Crippen LogP contribution in [0.15, 0.2) is 57.9 Å². The highest BCUT2D eigenvalue weighted by atomic mass is 79.9. The molecule has 6 heteroatoms. The number of nitrogens with one attached hydrogen (secondary N) is 1. The fraction of sp³-hybridized carbons (Fsp3) is 0.200. The number of hydrogen-bond donors (Lipinski definition) is 2. The summed E-state index contributed by atoms with van der Waals surface area (Å²) in [6.45, 7) is 2.75. The third kappa shape index (κ3) is 4.38. The van der Waals surface area contributed by atoms with Crippen molar-refractivity contribution in [2.45, 2.75) is 24.4 Å². The molecule has 0 bridgehead atoms. The minimum atomic E-state index is -3.63. The van der Waals surface area contributed by atoms with Crippen LogP contribution in [-0.4, -0.2) is 8.42 Å².